The van der Waals surface area contributed by atoms with Crippen LogP contribution in [0, 0.1) is 0 Å². The van der Waals surface area contributed by atoms with Gasteiger partial charge >= 0.3 is 0 Å². The highest BCUT2D eigenvalue weighted by Gasteiger charge is 2.33. The van der Waals surface area contributed by atoms with Crippen LogP contribution in [0.5, 0.6) is 0 Å². The fourth-order valence-corrected chi connectivity index (χ4v) is 5.62. The molecule has 3 aromatic rings. The minimum Gasteiger partial charge on any atom is -0.354 e. The van der Waals surface area contributed by atoms with Crippen LogP contribution in [0.15, 0.2) is 77.3 Å². The number of halogens is 3. The van der Waals surface area contributed by atoms with Crippen molar-refractivity contribution in [2.75, 3.05) is 23.7 Å². The van der Waals surface area contributed by atoms with Crippen LogP contribution in [-0.2, 0) is 32.6 Å². The van der Waals surface area contributed by atoms with E-state index in [1.165, 1.54) is 23.1 Å². The minimum absolute atomic E-state index is 0.0943. The van der Waals surface area contributed by atoms with E-state index in [9.17, 15) is 18.0 Å². The summed E-state index contributed by atoms with van der Waals surface area (Å²) in [6.45, 7) is 1.94. The van der Waals surface area contributed by atoms with Crippen molar-refractivity contribution in [2.24, 2.45) is 0 Å². The number of rotatable bonds is 12. The van der Waals surface area contributed by atoms with Crippen LogP contribution in [0.4, 0.5) is 5.69 Å². The van der Waals surface area contributed by atoms with Gasteiger partial charge in [-0.05, 0) is 47.9 Å². The van der Waals surface area contributed by atoms with E-state index in [-0.39, 0.29) is 34.6 Å². The topological polar surface area (TPSA) is 86.8 Å². The van der Waals surface area contributed by atoms with Gasteiger partial charge in [-0.1, -0.05) is 88.5 Å². The first-order valence-corrected chi connectivity index (χ1v) is 15.7. The first-order chi connectivity index (χ1) is 18.5. The predicted molar refractivity (Wildman–Crippen MR) is 161 cm³/mol. The highest BCUT2D eigenvalue weighted by Crippen LogP contribution is 2.27. The lowest BCUT2D eigenvalue weighted by Gasteiger charge is -2.33. The summed E-state index contributed by atoms with van der Waals surface area (Å²) >= 11 is 15.7. The van der Waals surface area contributed by atoms with Gasteiger partial charge in [0.2, 0.25) is 21.8 Å². The van der Waals surface area contributed by atoms with Gasteiger partial charge in [-0.15, -0.1) is 0 Å². The van der Waals surface area contributed by atoms with Crippen LogP contribution in [0.1, 0.15) is 24.5 Å². The van der Waals surface area contributed by atoms with Crippen molar-refractivity contribution in [3.8, 4) is 0 Å². The number of benzene rings is 3. The van der Waals surface area contributed by atoms with E-state index in [1.54, 1.807) is 0 Å². The van der Waals surface area contributed by atoms with Gasteiger partial charge in [-0.3, -0.25) is 13.9 Å². The number of hydrogen-bond acceptors (Lipinski definition) is 4. The molecule has 3 rings (SSSR count). The van der Waals surface area contributed by atoms with Crippen molar-refractivity contribution in [2.45, 2.75) is 32.4 Å². The molecule has 0 fully saturated rings. The van der Waals surface area contributed by atoms with Gasteiger partial charge in [0.05, 0.1) is 11.9 Å². The van der Waals surface area contributed by atoms with Crippen molar-refractivity contribution in [1.29, 1.82) is 0 Å². The number of hydrogen-bond donors (Lipinski definition) is 1. The normalized spacial score (nSPS) is 12.0. The molecule has 0 heterocycles. The van der Waals surface area contributed by atoms with Crippen LogP contribution in [0.3, 0.4) is 0 Å². The summed E-state index contributed by atoms with van der Waals surface area (Å²) < 4.78 is 27.5. The third-order valence-corrected chi connectivity index (χ3v) is 8.01. The lowest BCUT2D eigenvalue weighted by molar-refractivity contribution is -0.140. The van der Waals surface area contributed by atoms with Gasteiger partial charge in [0.15, 0.2) is 0 Å². The third kappa shape index (κ3) is 9.24. The van der Waals surface area contributed by atoms with Crippen molar-refractivity contribution in [1.82, 2.24) is 10.2 Å². The maximum Gasteiger partial charge on any atom is 0.244 e. The van der Waals surface area contributed by atoms with Crippen LogP contribution in [0.25, 0.3) is 0 Å². The van der Waals surface area contributed by atoms with E-state index < -0.39 is 28.5 Å². The van der Waals surface area contributed by atoms with Crippen molar-refractivity contribution in [3.05, 3.63) is 98.4 Å². The Morgan fingerprint density at radius 2 is 1.56 bits per heavy atom. The smallest absolute Gasteiger partial charge is 0.244 e. The van der Waals surface area contributed by atoms with Crippen LogP contribution in [-0.4, -0.2) is 50.5 Å². The van der Waals surface area contributed by atoms with Gasteiger partial charge in [-0.25, -0.2) is 8.42 Å². The molecule has 1 atom stereocenters. The summed E-state index contributed by atoms with van der Waals surface area (Å²) in [6, 6.07) is 20.2. The summed E-state index contributed by atoms with van der Waals surface area (Å²) in [6.07, 6.45) is 1.98. The second kappa shape index (κ2) is 14.2. The van der Waals surface area contributed by atoms with E-state index in [0.29, 0.717) is 6.54 Å². The number of carbonyl (C=O) groups is 2. The molecule has 0 aromatic heterocycles. The standard InChI is InChI=1S/C28H30BrCl2N3O4S/c1-3-13-32-28(36)26(14-20-7-5-4-6-8-20)33(18-21-9-11-22(29)12-10-21)27(35)19-34(39(2,37)38)25-16-23(30)15-24(31)17-25/h4-12,15-17,26H,3,13-14,18-19H2,1-2H3,(H,32,36)/t26-/m0/s1. The molecule has 0 saturated carbocycles. The molecule has 0 saturated heterocycles. The molecule has 0 aliphatic carbocycles. The molecule has 0 unspecified atom stereocenters. The number of anilines is 1. The van der Waals surface area contributed by atoms with E-state index >= 15 is 0 Å². The quantitative estimate of drug-likeness (QED) is 0.272. The maximum atomic E-state index is 14.0. The second-order valence-corrected chi connectivity index (χ2v) is 12.7. The molecular weight excluding hydrogens is 625 g/mol. The molecule has 0 aliphatic heterocycles. The van der Waals surface area contributed by atoms with Gasteiger partial charge in [0.25, 0.3) is 0 Å². The minimum atomic E-state index is -3.92. The molecule has 39 heavy (non-hydrogen) atoms. The van der Waals surface area contributed by atoms with Crippen LogP contribution >= 0.6 is 39.1 Å². The lowest BCUT2D eigenvalue weighted by Crippen LogP contribution is -2.53. The Balaban J connectivity index is 2.05. The van der Waals surface area contributed by atoms with Crippen molar-refractivity contribution < 1.29 is 18.0 Å². The highest BCUT2D eigenvalue weighted by molar-refractivity contribution is 9.10. The van der Waals surface area contributed by atoms with E-state index in [2.05, 4.69) is 21.2 Å². The Labute approximate surface area is 248 Å². The average molecular weight is 655 g/mol. The molecule has 11 heteroatoms. The summed E-state index contributed by atoms with van der Waals surface area (Å²) in [4.78, 5) is 28.9. The Morgan fingerprint density at radius 3 is 2.13 bits per heavy atom. The highest BCUT2D eigenvalue weighted by atomic mass is 79.9. The molecule has 0 bridgehead atoms. The van der Waals surface area contributed by atoms with E-state index in [0.717, 1.165) is 32.6 Å². The van der Waals surface area contributed by atoms with Crippen molar-refractivity contribution in [3.63, 3.8) is 0 Å². The summed E-state index contributed by atoms with van der Waals surface area (Å²) in [7, 11) is -3.92. The molecule has 1 N–H and O–H groups in total. The molecule has 208 valence electrons. The Hall–Kier alpha value is -2.59. The SMILES string of the molecule is CCCNC(=O)[C@H](Cc1ccccc1)N(Cc1ccc(Br)cc1)C(=O)CN(c1cc(Cl)cc(Cl)c1)S(C)(=O)=O. The fourth-order valence-electron chi connectivity index (χ4n) is 4.00. The molecular formula is C28H30BrCl2N3O4S. The molecule has 0 radical (unpaired) electrons. The van der Waals surface area contributed by atoms with Crippen molar-refractivity contribution >= 4 is 66.7 Å². The predicted octanol–water partition coefficient (Wildman–Crippen LogP) is 5.69. The fraction of sp³-hybridized carbons (Fsp3) is 0.286. The van der Waals surface area contributed by atoms with E-state index in [4.69, 9.17) is 23.2 Å². The summed E-state index contributed by atoms with van der Waals surface area (Å²) in [5.74, 6) is -0.866. The Bertz CT molecular complexity index is 1370. The molecule has 3 aromatic carbocycles. The molecule has 0 spiro atoms. The summed E-state index contributed by atoms with van der Waals surface area (Å²) in [5.41, 5.74) is 1.80. The first-order valence-electron chi connectivity index (χ1n) is 12.3. The number of carbonyl (C=O) groups excluding carboxylic acids is 2. The largest absolute Gasteiger partial charge is 0.354 e. The molecule has 0 aliphatic rings. The lowest BCUT2D eigenvalue weighted by atomic mass is 10.0. The number of nitrogens with one attached hydrogen (secondary N) is 1. The maximum absolute atomic E-state index is 14.0. The second-order valence-electron chi connectivity index (χ2n) is 9.04. The zero-order valence-corrected chi connectivity index (χ0v) is 25.5. The zero-order valence-electron chi connectivity index (χ0n) is 21.6. The first kappa shape index (κ1) is 30.9. The number of amides is 2. The molecule has 7 nitrogen and oxygen atoms in total. The van der Waals surface area contributed by atoms with Gasteiger partial charge < -0.3 is 10.2 Å². The monoisotopic (exact) mass is 653 g/mol. The van der Waals surface area contributed by atoms with Gasteiger partial charge in [0.1, 0.15) is 12.6 Å². The number of sulfonamides is 1. The van der Waals surface area contributed by atoms with E-state index in [1.807, 2.05) is 61.5 Å². The van der Waals surface area contributed by atoms with Gasteiger partial charge in [-0.2, -0.15) is 0 Å². The zero-order chi connectivity index (χ0) is 28.6. The Morgan fingerprint density at radius 1 is 0.949 bits per heavy atom. The third-order valence-electron chi connectivity index (χ3n) is 5.90. The van der Waals surface area contributed by atoms with Crippen LogP contribution in [0.2, 0.25) is 10.0 Å². The summed E-state index contributed by atoms with van der Waals surface area (Å²) in [5, 5.41) is 3.36. The van der Waals surface area contributed by atoms with Crippen LogP contribution < -0.4 is 9.62 Å². The number of nitrogens with zero attached hydrogens (tertiary/aromatic N) is 2. The average Bonchev–Trinajstić information content (AvgIpc) is 2.88. The molecule has 2 amide bonds. The Kier molecular flexibility index (Phi) is 11.2. The van der Waals surface area contributed by atoms with Gasteiger partial charge in [0, 0.05) is 34.0 Å².